The number of piperidine rings is 1. The Morgan fingerprint density at radius 2 is 2.24 bits per heavy atom. The van der Waals surface area contributed by atoms with Crippen LogP contribution >= 0.6 is 27.5 Å². The van der Waals surface area contributed by atoms with Gasteiger partial charge in [-0.2, -0.15) is 0 Å². The van der Waals surface area contributed by atoms with E-state index in [-0.39, 0.29) is 5.82 Å². The van der Waals surface area contributed by atoms with E-state index >= 15 is 0 Å². The first kappa shape index (κ1) is 15.3. The standard InChI is InChI=1S/C15H18BrClFN3/c1-20-5-3-2-4-10(20)9-21-14-6-11(16)12(18)7-13(14)19-15(21)8-17/h6-7,10H,2-5,8-9H2,1H3. The summed E-state index contributed by atoms with van der Waals surface area (Å²) in [4.78, 5) is 6.87. The molecular formula is C15H18BrClFN3. The third-order valence-electron chi connectivity index (χ3n) is 4.30. The van der Waals surface area contributed by atoms with Crippen LogP contribution in [-0.2, 0) is 12.4 Å². The second-order valence-electron chi connectivity index (χ2n) is 5.66. The number of alkyl halides is 1. The van der Waals surface area contributed by atoms with Gasteiger partial charge in [-0.15, -0.1) is 11.6 Å². The maximum atomic E-state index is 13.7. The molecule has 0 aliphatic carbocycles. The van der Waals surface area contributed by atoms with Crippen molar-refractivity contribution in [1.82, 2.24) is 14.5 Å². The summed E-state index contributed by atoms with van der Waals surface area (Å²) in [6.07, 6.45) is 3.70. The molecule has 0 amide bonds. The van der Waals surface area contributed by atoms with Gasteiger partial charge in [0, 0.05) is 18.7 Å². The van der Waals surface area contributed by atoms with Crippen molar-refractivity contribution in [1.29, 1.82) is 0 Å². The van der Waals surface area contributed by atoms with Crippen LogP contribution in [0.3, 0.4) is 0 Å². The Labute approximate surface area is 137 Å². The molecule has 114 valence electrons. The van der Waals surface area contributed by atoms with Crippen molar-refractivity contribution in [2.75, 3.05) is 13.6 Å². The number of aromatic nitrogens is 2. The number of rotatable bonds is 3. The summed E-state index contributed by atoms with van der Waals surface area (Å²) in [7, 11) is 2.17. The fourth-order valence-corrected chi connectivity index (χ4v) is 3.60. The number of nitrogens with zero attached hydrogens (tertiary/aromatic N) is 3. The Kier molecular flexibility index (Phi) is 4.52. The van der Waals surface area contributed by atoms with Crippen molar-refractivity contribution < 1.29 is 4.39 Å². The summed E-state index contributed by atoms with van der Waals surface area (Å²) >= 11 is 9.29. The number of fused-ring (bicyclic) bond motifs is 1. The molecule has 1 aromatic heterocycles. The van der Waals surface area contributed by atoms with Gasteiger partial charge in [0.05, 0.1) is 21.4 Å². The summed E-state index contributed by atoms with van der Waals surface area (Å²) in [6, 6.07) is 3.76. The summed E-state index contributed by atoms with van der Waals surface area (Å²) in [5.41, 5.74) is 1.61. The minimum absolute atomic E-state index is 0.289. The van der Waals surface area contributed by atoms with E-state index in [0.29, 0.717) is 21.9 Å². The molecule has 1 aromatic carbocycles. The van der Waals surface area contributed by atoms with Gasteiger partial charge in [0.25, 0.3) is 0 Å². The van der Waals surface area contributed by atoms with Crippen LogP contribution in [0.1, 0.15) is 25.1 Å². The van der Waals surface area contributed by atoms with E-state index in [1.54, 1.807) is 6.07 Å². The van der Waals surface area contributed by atoms with E-state index in [9.17, 15) is 4.39 Å². The van der Waals surface area contributed by atoms with Crippen molar-refractivity contribution in [3.05, 3.63) is 28.2 Å². The van der Waals surface area contributed by atoms with Crippen molar-refractivity contribution >= 4 is 38.6 Å². The number of benzene rings is 1. The molecule has 21 heavy (non-hydrogen) atoms. The van der Waals surface area contributed by atoms with Crippen molar-refractivity contribution in [3.63, 3.8) is 0 Å². The normalized spacial score (nSPS) is 20.3. The molecule has 3 rings (SSSR count). The predicted molar refractivity (Wildman–Crippen MR) is 87.2 cm³/mol. The largest absolute Gasteiger partial charge is 0.325 e. The molecule has 2 heterocycles. The molecule has 0 saturated carbocycles. The molecule has 6 heteroatoms. The Hall–Kier alpha value is -0.650. The molecule has 2 aromatic rings. The minimum atomic E-state index is -0.289. The second-order valence-corrected chi connectivity index (χ2v) is 6.78. The van der Waals surface area contributed by atoms with Gasteiger partial charge in [-0.3, -0.25) is 0 Å². The van der Waals surface area contributed by atoms with Crippen LogP contribution in [0.15, 0.2) is 16.6 Å². The highest BCUT2D eigenvalue weighted by molar-refractivity contribution is 9.10. The zero-order valence-corrected chi connectivity index (χ0v) is 14.3. The van der Waals surface area contributed by atoms with Gasteiger partial charge in [0.1, 0.15) is 11.6 Å². The third-order valence-corrected chi connectivity index (χ3v) is 5.15. The number of hydrogen-bond acceptors (Lipinski definition) is 2. The first-order valence-corrected chi connectivity index (χ1v) is 8.53. The SMILES string of the molecule is CN1CCCCC1Cn1c(CCl)nc2cc(F)c(Br)cc21. The molecule has 1 unspecified atom stereocenters. The summed E-state index contributed by atoms with van der Waals surface area (Å²) in [6.45, 7) is 1.99. The quantitative estimate of drug-likeness (QED) is 0.752. The van der Waals surface area contributed by atoms with Crippen LogP contribution in [0.4, 0.5) is 4.39 Å². The maximum Gasteiger partial charge on any atom is 0.139 e. The highest BCUT2D eigenvalue weighted by Gasteiger charge is 2.22. The number of imidazole rings is 1. The van der Waals surface area contributed by atoms with Gasteiger partial charge in [0.15, 0.2) is 0 Å². The topological polar surface area (TPSA) is 21.1 Å². The number of hydrogen-bond donors (Lipinski definition) is 0. The smallest absolute Gasteiger partial charge is 0.139 e. The summed E-state index contributed by atoms with van der Waals surface area (Å²) < 4.78 is 16.3. The van der Waals surface area contributed by atoms with Crippen LogP contribution in [0.25, 0.3) is 11.0 Å². The molecule has 1 saturated heterocycles. The summed E-state index contributed by atoms with van der Waals surface area (Å²) in [5.74, 6) is 0.857. The van der Waals surface area contributed by atoms with Crippen LogP contribution in [0.5, 0.6) is 0 Å². The van der Waals surface area contributed by atoms with Gasteiger partial charge in [-0.1, -0.05) is 6.42 Å². The Bertz CT molecular complexity index is 658. The fraction of sp³-hybridized carbons (Fsp3) is 0.533. The lowest BCUT2D eigenvalue weighted by molar-refractivity contribution is 0.168. The maximum absolute atomic E-state index is 13.7. The monoisotopic (exact) mass is 373 g/mol. The Morgan fingerprint density at radius 3 is 2.95 bits per heavy atom. The molecule has 3 nitrogen and oxygen atoms in total. The van der Waals surface area contributed by atoms with Crippen LogP contribution in [0.2, 0.25) is 0 Å². The van der Waals surface area contributed by atoms with Crippen LogP contribution < -0.4 is 0 Å². The molecule has 1 aliphatic rings. The van der Waals surface area contributed by atoms with E-state index in [2.05, 4.69) is 37.4 Å². The number of halogens is 3. The average molecular weight is 375 g/mol. The van der Waals surface area contributed by atoms with E-state index in [4.69, 9.17) is 11.6 Å². The number of likely N-dealkylation sites (tertiary alicyclic amines) is 1. The van der Waals surface area contributed by atoms with Gasteiger partial charge in [-0.05, 0) is 48.4 Å². The van der Waals surface area contributed by atoms with Crippen molar-refractivity contribution in [3.8, 4) is 0 Å². The van der Waals surface area contributed by atoms with Gasteiger partial charge in [0.2, 0.25) is 0 Å². The predicted octanol–water partition coefficient (Wildman–Crippen LogP) is 4.16. The van der Waals surface area contributed by atoms with E-state index in [0.717, 1.165) is 24.4 Å². The van der Waals surface area contributed by atoms with Gasteiger partial charge >= 0.3 is 0 Å². The minimum Gasteiger partial charge on any atom is -0.325 e. The highest BCUT2D eigenvalue weighted by atomic mass is 79.9. The van der Waals surface area contributed by atoms with Crippen LogP contribution in [-0.4, -0.2) is 34.1 Å². The Balaban J connectivity index is 2.01. The molecular weight excluding hydrogens is 357 g/mol. The lowest BCUT2D eigenvalue weighted by Crippen LogP contribution is -2.39. The van der Waals surface area contributed by atoms with Gasteiger partial charge in [-0.25, -0.2) is 9.37 Å². The first-order chi connectivity index (χ1) is 10.1. The lowest BCUT2D eigenvalue weighted by Gasteiger charge is -2.33. The third kappa shape index (κ3) is 2.96. The fourth-order valence-electron chi connectivity index (χ4n) is 3.06. The van der Waals surface area contributed by atoms with Crippen molar-refractivity contribution in [2.45, 2.75) is 37.7 Å². The highest BCUT2D eigenvalue weighted by Crippen LogP contribution is 2.26. The van der Waals surface area contributed by atoms with E-state index in [1.807, 2.05) is 0 Å². The zero-order valence-electron chi connectivity index (χ0n) is 12.0. The molecule has 1 aliphatic heterocycles. The zero-order chi connectivity index (χ0) is 15.0. The molecule has 0 bridgehead atoms. The lowest BCUT2D eigenvalue weighted by atomic mass is 10.0. The van der Waals surface area contributed by atoms with Gasteiger partial charge < -0.3 is 9.47 Å². The number of likely N-dealkylation sites (N-methyl/N-ethyl adjacent to an activating group) is 1. The molecule has 0 spiro atoms. The molecule has 0 radical (unpaired) electrons. The van der Waals surface area contributed by atoms with E-state index < -0.39 is 0 Å². The first-order valence-electron chi connectivity index (χ1n) is 7.20. The molecule has 0 N–H and O–H groups in total. The average Bonchev–Trinajstić information content (AvgIpc) is 2.79. The molecule has 1 fully saturated rings. The van der Waals surface area contributed by atoms with Crippen molar-refractivity contribution in [2.24, 2.45) is 0 Å². The molecule has 1 atom stereocenters. The summed E-state index contributed by atoms with van der Waals surface area (Å²) in [5, 5.41) is 0. The van der Waals surface area contributed by atoms with E-state index in [1.165, 1.54) is 25.3 Å². The van der Waals surface area contributed by atoms with Crippen LogP contribution in [0, 0.1) is 5.82 Å². The Morgan fingerprint density at radius 1 is 1.43 bits per heavy atom. The second kappa shape index (κ2) is 6.23.